The molecule has 1 atom stereocenters. The summed E-state index contributed by atoms with van der Waals surface area (Å²) < 4.78 is 7.45. The van der Waals surface area contributed by atoms with E-state index in [4.69, 9.17) is 4.74 Å². The Bertz CT molecular complexity index is 423. The van der Waals surface area contributed by atoms with Crippen molar-refractivity contribution >= 4 is 0 Å². The standard InChI is InChI=1S/C14H23N3O/c1-4-7-15-14(12-6-5-8-18-10-12)13-9-11(2)16-17(13)3/h9-10,14-15H,4-8H2,1-3H3. The average Bonchev–Trinajstić information content (AvgIpc) is 2.70. The lowest BCUT2D eigenvalue weighted by molar-refractivity contribution is 0.219. The van der Waals surface area contributed by atoms with Gasteiger partial charge < -0.3 is 10.1 Å². The number of aromatic nitrogens is 2. The zero-order valence-electron chi connectivity index (χ0n) is 11.6. The van der Waals surface area contributed by atoms with Crippen LogP contribution < -0.4 is 5.32 Å². The molecule has 1 aromatic rings. The molecule has 18 heavy (non-hydrogen) atoms. The third-order valence-electron chi connectivity index (χ3n) is 3.27. The van der Waals surface area contributed by atoms with E-state index in [2.05, 4.69) is 23.4 Å². The lowest BCUT2D eigenvalue weighted by Gasteiger charge is -2.24. The number of nitrogens with one attached hydrogen (secondary N) is 1. The van der Waals surface area contributed by atoms with Crippen LogP contribution in [0.2, 0.25) is 0 Å². The van der Waals surface area contributed by atoms with Crippen LogP contribution in [0.4, 0.5) is 0 Å². The van der Waals surface area contributed by atoms with Gasteiger partial charge in [-0.2, -0.15) is 5.10 Å². The first-order valence-electron chi connectivity index (χ1n) is 6.77. The minimum atomic E-state index is 0.233. The van der Waals surface area contributed by atoms with E-state index in [-0.39, 0.29) is 6.04 Å². The summed E-state index contributed by atoms with van der Waals surface area (Å²) >= 11 is 0. The van der Waals surface area contributed by atoms with Gasteiger partial charge in [0, 0.05) is 7.05 Å². The van der Waals surface area contributed by atoms with E-state index < -0.39 is 0 Å². The molecule has 1 N–H and O–H groups in total. The van der Waals surface area contributed by atoms with Gasteiger partial charge in [0.15, 0.2) is 0 Å². The number of rotatable bonds is 5. The Morgan fingerprint density at radius 3 is 2.94 bits per heavy atom. The zero-order chi connectivity index (χ0) is 13.0. The second kappa shape index (κ2) is 6.05. The molecule has 0 aromatic carbocycles. The Morgan fingerprint density at radius 2 is 2.39 bits per heavy atom. The Kier molecular flexibility index (Phi) is 4.42. The van der Waals surface area contributed by atoms with Gasteiger partial charge in [-0.15, -0.1) is 0 Å². The molecule has 0 saturated carbocycles. The van der Waals surface area contributed by atoms with Crippen molar-refractivity contribution in [3.05, 3.63) is 29.3 Å². The second-order valence-electron chi connectivity index (χ2n) is 4.89. The first kappa shape index (κ1) is 13.1. The highest BCUT2D eigenvalue weighted by atomic mass is 16.5. The van der Waals surface area contributed by atoms with Crippen LogP contribution in [0.15, 0.2) is 17.9 Å². The first-order chi connectivity index (χ1) is 8.72. The first-order valence-corrected chi connectivity index (χ1v) is 6.77. The highest BCUT2D eigenvalue weighted by Crippen LogP contribution is 2.27. The van der Waals surface area contributed by atoms with Gasteiger partial charge in [-0.1, -0.05) is 6.92 Å². The molecule has 4 heteroatoms. The van der Waals surface area contributed by atoms with Gasteiger partial charge in [0.25, 0.3) is 0 Å². The number of hydrogen-bond donors (Lipinski definition) is 1. The molecule has 100 valence electrons. The lowest BCUT2D eigenvalue weighted by Crippen LogP contribution is -2.27. The van der Waals surface area contributed by atoms with Crippen molar-refractivity contribution < 1.29 is 4.74 Å². The predicted octanol–water partition coefficient (Wildman–Crippen LogP) is 2.46. The Labute approximate surface area is 109 Å². The lowest BCUT2D eigenvalue weighted by atomic mass is 9.99. The summed E-state index contributed by atoms with van der Waals surface area (Å²) in [6, 6.07) is 2.39. The summed E-state index contributed by atoms with van der Waals surface area (Å²) in [5, 5.41) is 8.04. The highest BCUT2D eigenvalue weighted by molar-refractivity contribution is 5.24. The van der Waals surface area contributed by atoms with Gasteiger partial charge in [0.2, 0.25) is 0 Å². The zero-order valence-corrected chi connectivity index (χ0v) is 11.6. The summed E-state index contributed by atoms with van der Waals surface area (Å²) in [6.45, 7) is 6.07. The molecule has 1 aliphatic rings. The number of hydrogen-bond acceptors (Lipinski definition) is 3. The van der Waals surface area contributed by atoms with Crippen molar-refractivity contribution in [2.45, 2.75) is 39.2 Å². The van der Waals surface area contributed by atoms with E-state index in [0.29, 0.717) is 0 Å². The summed E-state index contributed by atoms with van der Waals surface area (Å²) in [4.78, 5) is 0. The van der Waals surface area contributed by atoms with Gasteiger partial charge in [0.1, 0.15) is 0 Å². The molecule has 2 rings (SSSR count). The van der Waals surface area contributed by atoms with E-state index in [1.165, 1.54) is 11.3 Å². The fraction of sp³-hybridized carbons (Fsp3) is 0.643. The molecular weight excluding hydrogens is 226 g/mol. The average molecular weight is 249 g/mol. The number of ether oxygens (including phenoxy) is 1. The molecule has 1 aromatic heterocycles. The van der Waals surface area contributed by atoms with E-state index >= 15 is 0 Å². The van der Waals surface area contributed by atoms with Crippen molar-refractivity contribution in [2.75, 3.05) is 13.2 Å². The van der Waals surface area contributed by atoms with Crippen LogP contribution in [0.5, 0.6) is 0 Å². The maximum absolute atomic E-state index is 5.48. The van der Waals surface area contributed by atoms with Gasteiger partial charge in [0.05, 0.1) is 30.3 Å². The molecule has 0 spiro atoms. The molecule has 1 unspecified atom stereocenters. The van der Waals surface area contributed by atoms with E-state index in [1.807, 2.05) is 24.9 Å². The van der Waals surface area contributed by atoms with Crippen LogP contribution in [0, 0.1) is 6.92 Å². The molecule has 0 saturated heterocycles. The normalized spacial score (nSPS) is 17.2. The molecule has 1 aliphatic heterocycles. The topological polar surface area (TPSA) is 39.1 Å². The summed E-state index contributed by atoms with van der Waals surface area (Å²) in [6.07, 6.45) is 5.26. The van der Waals surface area contributed by atoms with Gasteiger partial charge >= 0.3 is 0 Å². The summed E-state index contributed by atoms with van der Waals surface area (Å²) in [5.74, 6) is 0. The molecule has 2 heterocycles. The fourth-order valence-corrected chi connectivity index (χ4v) is 2.41. The van der Waals surface area contributed by atoms with Crippen molar-refractivity contribution in [3.8, 4) is 0 Å². The predicted molar refractivity (Wildman–Crippen MR) is 72.2 cm³/mol. The molecule has 4 nitrogen and oxygen atoms in total. The van der Waals surface area contributed by atoms with Gasteiger partial charge in [-0.05, 0) is 44.4 Å². The van der Waals surface area contributed by atoms with Crippen LogP contribution in [0.3, 0.4) is 0 Å². The van der Waals surface area contributed by atoms with E-state index in [1.54, 1.807) is 0 Å². The van der Waals surface area contributed by atoms with Crippen LogP contribution in [0.1, 0.15) is 43.6 Å². The summed E-state index contributed by atoms with van der Waals surface area (Å²) in [7, 11) is 2.01. The van der Waals surface area contributed by atoms with Crippen LogP contribution in [-0.2, 0) is 11.8 Å². The van der Waals surface area contributed by atoms with Crippen molar-refractivity contribution in [2.24, 2.45) is 7.05 Å². The largest absolute Gasteiger partial charge is 0.501 e. The second-order valence-corrected chi connectivity index (χ2v) is 4.89. The van der Waals surface area contributed by atoms with Crippen LogP contribution in [0.25, 0.3) is 0 Å². The molecular formula is C14H23N3O. The molecule has 0 aliphatic carbocycles. The van der Waals surface area contributed by atoms with Crippen LogP contribution in [-0.4, -0.2) is 22.9 Å². The third kappa shape index (κ3) is 2.93. The maximum Gasteiger partial charge on any atom is 0.0876 e. The SMILES string of the molecule is CCCNC(C1=COCCC1)c1cc(C)nn1C. The van der Waals surface area contributed by atoms with Crippen molar-refractivity contribution in [1.29, 1.82) is 0 Å². The van der Waals surface area contributed by atoms with Crippen molar-refractivity contribution in [3.63, 3.8) is 0 Å². The van der Waals surface area contributed by atoms with E-state index in [0.717, 1.165) is 38.1 Å². The van der Waals surface area contributed by atoms with Crippen molar-refractivity contribution in [1.82, 2.24) is 15.1 Å². The molecule has 0 amide bonds. The molecule has 0 bridgehead atoms. The van der Waals surface area contributed by atoms with E-state index in [9.17, 15) is 0 Å². The quantitative estimate of drug-likeness (QED) is 0.871. The maximum atomic E-state index is 5.48. The molecule has 0 radical (unpaired) electrons. The Morgan fingerprint density at radius 1 is 1.56 bits per heavy atom. The van der Waals surface area contributed by atoms with Gasteiger partial charge in [-0.25, -0.2) is 0 Å². The summed E-state index contributed by atoms with van der Waals surface area (Å²) in [5.41, 5.74) is 3.61. The number of aryl methyl sites for hydroxylation is 2. The smallest absolute Gasteiger partial charge is 0.0876 e. The number of nitrogens with zero attached hydrogens (tertiary/aromatic N) is 2. The monoisotopic (exact) mass is 249 g/mol. The minimum absolute atomic E-state index is 0.233. The Balaban J connectivity index is 2.23. The van der Waals surface area contributed by atoms with Crippen LogP contribution >= 0.6 is 0 Å². The third-order valence-corrected chi connectivity index (χ3v) is 3.27. The minimum Gasteiger partial charge on any atom is -0.501 e. The highest BCUT2D eigenvalue weighted by Gasteiger charge is 2.21. The van der Waals surface area contributed by atoms with Gasteiger partial charge in [-0.3, -0.25) is 4.68 Å². The fourth-order valence-electron chi connectivity index (χ4n) is 2.41. The Hall–Kier alpha value is -1.29. The molecule has 0 fully saturated rings.